The minimum Gasteiger partial charge on any atom is -0.394 e. The van der Waals surface area contributed by atoms with Crippen molar-refractivity contribution in [2.24, 2.45) is 0 Å². The molecule has 4 N–H and O–H groups in total. The fourth-order valence-corrected chi connectivity index (χ4v) is 2.35. The number of hydrogen-bond acceptors (Lipinski definition) is 6. The van der Waals surface area contributed by atoms with Gasteiger partial charge in [0.2, 0.25) is 0 Å². The molecule has 0 aromatic rings. The smallest absolute Gasteiger partial charge is 0.184 e. The van der Waals surface area contributed by atoms with Gasteiger partial charge in [-0.05, 0) is 6.42 Å². The molecule has 6 heteroatoms. The van der Waals surface area contributed by atoms with E-state index in [1.54, 1.807) is 0 Å². The first-order valence-electron chi connectivity index (χ1n) is 7.54. The Kier molecular flexibility index (Phi) is 8.60. The van der Waals surface area contributed by atoms with Gasteiger partial charge in [-0.25, -0.2) is 0 Å². The Labute approximate surface area is 120 Å². The second-order valence-electron chi connectivity index (χ2n) is 5.33. The van der Waals surface area contributed by atoms with E-state index in [-0.39, 0.29) is 0 Å². The van der Waals surface area contributed by atoms with E-state index in [1.807, 2.05) is 0 Å². The van der Waals surface area contributed by atoms with Crippen LogP contribution in [0.2, 0.25) is 0 Å². The van der Waals surface area contributed by atoms with Crippen molar-refractivity contribution >= 4 is 0 Å². The first kappa shape index (κ1) is 17.8. The summed E-state index contributed by atoms with van der Waals surface area (Å²) >= 11 is 0. The summed E-state index contributed by atoms with van der Waals surface area (Å²) in [5.41, 5.74) is 0. The standard InChI is InChI=1S/C14H28O6/c1-2-3-4-5-6-7-8-19-13-12(17)11(16)10(9-15)20-14(13)18/h10-18H,2-9H2,1H3/t10-,11-,12+,13-,14?/m1/s1. The van der Waals surface area contributed by atoms with E-state index in [9.17, 15) is 15.3 Å². The first-order chi connectivity index (χ1) is 9.61. The Morgan fingerprint density at radius 3 is 2.25 bits per heavy atom. The summed E-state index contributed by atoms with van der Waals surface area (Å²) in [6, 6.07) is 0. The summed E-state index contributed by atoms with van der Waals surface area (Å²) in [5, 5.41) is 38.2. The zero-order chi connectivity index (χ0) is 15.0. The fourth-order valence-electron chi connectivity index (χ4n) is 2.35. The van der Waals surface area contributed by atoms with Crippen LogP contribution >= 0.6 is 0 Å². The lowest BCUT2D eigenvalue weighted by Crippen LogP contribution is -2.59. The van der Waals surface area contributed by atoms with Gasteiger partial charge in [-0.2, -0.15) is 0 Å². The lowest BCUT2D eigenvalue weighted by molar-refractivity contribution is -0.296. The highest BCUT2D eigenvalue weighted by Crippen LogP contribution is 2.22. The van der Waals surface area contributed by atoms with Crippen molar-refractivity contribution in [3.63, 3.8) is 0 Å². The molecule has 1 aliphatic rings. The average molecular weight is 292 g/mol. The monoisotopic (exact) mass is 292 g/mol. The highest BCUT2D eigenvalue weighted by atomic mass is 16.7. The van der Waals surface area contributed by atoms with Gasteiger partial charge in [-0.15, -0.1) is 0 Å². The molecular formula is C14H28O6. The molecule has 20 heavy (non-hydrogen) atoms. The van der Waals surface area contributed by atoms with Gasteiger partial charge in [0.05, 0.1) is 6.61 Å². The van der Waals surface area contributed by atoms with E-state index in [0.29, 0.717) is 6.61 Å². The molecule has 0 aromatic carbocycles. The van der Waals surface area contributed by atoms with Crippen molar-refractivity contribution in [2.75, 3.05) is 13.2 Å². The van der Waals surface area contributed by atoms with E-state index in [4.69, 9.17) is 14.6 Å². The van der Waals surface area contributed by atoms with Crippen LogP contribution in [0.5, 0.6) is 0 Å². The third-order valence-electron chi connectivity index (χ3n) is 3.65. The number of unbranched alkanes of at least 4 members (excludes halogenated alkanes) is 5. The maximum absolute atomic E-state index is 9.86. The highest BCUT2D eigenvalue weighted by molar-refractivity contribution is 4.89. The van der Waals surface area contributed by atoms with Crippen LogP contribution < -0.4 is 0 Å². The highest BCUT2D eigenvalue weighted by Gasteiger charge is 2.44. The average Bonchev–Trinajstić information content (AvgIpc) is 2.45. The Morgan fingerprint density at radius 1 is 0.950 bits per heavy atom. The summed E-state index contributed by atoms with van der Waals surface area (Å²) in [7, 11) is 0. The number of rotatable bonds is 9. The zero-order valence-corrected chi connectivity index (χ0v) is 12.1. The first-order valence-corrected chi connectivity index (χ1v) is 7.54. The lowest BCUT2D eigenvalue weighted by atomic mass is 9.99. The van der Waals surface area contributed by atoms with Gasteiger partial charge < -0.3 is 29.9 Å². The fraction of sp³-hybridized carbons (Fsp3) is 1.00. The summed E-state index contributed by atoms with van der Waals surface area (Å²) < 4.78 is 10.4. The van der Waals surface area contributed by atoms with Crippen molar-refractivity contribution in [2.45, 2.75) is 76.2 Å². The molecule has 5 atom stereocenters. The Bertz CT molecular complexity index is 250. The number of hydrogen-bond donors (Lipinski definition) is 4. The van der Waals surface area contributed by atoms with E-state index in [1.165, 1.54) is 19.3 Å². The zero-order valence-electron chi connectivity index (χ0n) is 12.1. The van der Waals surface area contributed by atoms with E-state index < -0.39 is 37.3 Å². The maximum Gasteiger partial charge on any atom is 0.184 e. The van der Waals surface area contributed by atoms with E-state index in [0.717, 1.165) is 19.3 Å². The summed E-state index contributed by atoms with van der Waals surface area (Å²) in [5.74, 6) is 0. The largest absolute Gasteiger partial charge is 0.394 e. The van der Waals surface area contributed by atoms with Crippen LogP contribution in [0.15, 0.2) is 0 Å². The van der Waals surface area contributed by atoms with Crippen LogP contribution in [0.25, 0.3) is 0 Å². The van der Waals surface area contributed by atoms with Gasteiger partial charge in [-0.1, -0.05) is 39.0 Å². The van der Waals surface area contributed by atoms with Crippen molar-refractivity contribution in [1.29, 1.82) is 0 Å². The molecule has 0 bridgehead atoms. The molecule has 1 saturated heterocycles. The molecule has 1 fully saturated rings. The number of aliphatic hydroxyl groups is 4. The van der Waals surface area contributed by atoms with Crippen LogP contribution in [0.1, 0.15) is 45.4 Å². The molecule has 1 heterocycles. The second-order valence-corrected chi connectivity index (χ2v) is 5.33. The third-order valence-corrected chi connectivity index (χ3v) is 3.65. The van der Waals surface area contributed by atoms with Gasteiger partial charge >= 0.3 is 0 Å². The van der Waals surface area contributed by atoms with Gasteiger partial charge in [-0.3, -0.25) is 0 Å². The predicted octanol–water partition coefficient (Wildman–Crippen LogP) is 0.163. The summed E-state index contributed by atoms with van der Waals surface area (Å²) in [6.07, 6.45) is 0.920. The molecule has 0 aromatic heterocycles. The summed E-state index contributed by atoms with van der Waals surface area (Å²) in [6.45, 7) is 2.12. The van der Waals surface area contributed by atoms with Crippen molar-refractivity contribution in [1.82, 2.24) is 0 Å². The van der Waals surface area contributed by atoms with Gasteiger partial charge in [0.1, 0.15) is 24.4 Å². The van der Waals surface area contributed by atoms with Gasteiger partial charge in [0.15, 0.2) is 6.29 Å². The third kappa shape index (κ3) is 5.27. The topological polar surface area (TPSA) is 99.4 Å². The SMILES string of the molecule is CCCCCCCCO[C@H]1C(O)O[C@H](CO)[C@@H](O)[C@@H]1O. The minimum atomic E-state index is -1.33. The lowest BCUT2D eigenvalue weighted by Gasteiger charge is -2.39. The molecule has 0 radical (unpaired) electrons. The molecule has 1 unspecified atom stereocenters. The Morgan fingerprint density at radius 2 is 1.60 bits per heavy atom. The normalized spacial score (nSPS) is 34.4. The van der Waals surface area contributed by atoms with Crippen LogP contribution in [-0.2, 0) is 9.47 Å². The predicted molar refractivity (Wildman–Crippen MR) is 73.1 cm³/mol. The van der Waals surface area contributed by atoms with Gasteiger partial charge in [0, 0.05) is 6.61 Å². The van der Waals surface area contributed by atoms with Crippen molar-refractivity contribution in [3.8, 4) is 0 Å². The molecule has 120 valence electrons. The van der Waals surface area contributed by atoms with E-state index >= 15 is 0 Å². The van der Waals surface area contributed by atoms with Crippen molar-refractivity contribution in [3.05, 3.63) is 0 Å². The number of ether oxygens (including phenoxy) is 2. The molecular weight excluding hydrogens is 264 g/mol. The molecule has 1 rings (SSSR count). The molecule has 0 amide bonds. The summed E-state index contributed by atoms with van der Waals surface area (Å²) in [4.78, 5) is 0. The van der Waals surface area contributed by atoms with E-state index in [2.05, 4.69) is 6.92 Å². The number of aliphatic hydroxyl groups excluding tert-OH is 4. The molecule has 1 aliphatic heterocycles. The quantitative estimate of drug-likeness (QED) is 0.452. The molecule has 6 nitrogen and oxygen atoms in total. The van der Waals surface area contributed by atoms with Crippen LogP contribution in [0.4, 0.5) is 0 Å². The minimum absolute atomic E-state index is 0.408. The Hall–Kier alpha value is -0.240. The molecule has 0 aliphatic carbocycles. The molecule has 0 saturated carbocycles. The molecule has 0 spiro atoms. The Balaban J connectivity index is 2.22. The maximum atomic E-state index is 9.86. The second kappa shape index (κ2) is 9.65. The van der Waals surface area contributed by atoms with Crippen LogP contribution in [0.3, 0.4) is 0 Å². The van der Waals surface area contributed by atoms with Crippen molar-refractivity contribution < 1.29 is 29.9 Å². The van der Waals surface area contributed by atoms with Crippen LogP contribution in [0, 0.1) is 0 Å². The van der Waals surface area contributed by atoms with Crippen LogP contribution in [-0.4, -0.2) is 64.3 Å². The van der Waals surface area contributed by atoms with Gasteiger partial charge in [0.25, 0.3) is 0 Å².